The van der Waals surface area contributed by atoms with Gasteiger partial charge in [0.25, 0.3) is 5.91 Å². The van der Waals surface area contributed by atoms with Gasteiger partial charge in [0, 0.05) is 18.8 Å². The monoisotopic (exact) mass is 330 g/mol. The molecule has 1 fully saturated rings. The van der Waals surface area contributed by atoms with Crippen LogP contribution in [0, 0.1) is 0 Å². The van der Waals surface area contributed by atoms with Crippen LogP contribution in [-0.4, -0.2) is 52.6 Å². The smallest absolute Gasteiger partial charge is 0.257 e. The molecule has 24 heavy (non-hydrogen) atoms. The molecule has 1 unspecified atom stereocenters. The zero-order valence-corrected chi connectivity index (χ0v) is 14.0. The second-order valence-electron chi connectivity index (χ2n) is 5.84. The number of nitrogens with zero attached hydrogens (tertiary/aromatic N) is 4. The van der Waals surface area contributed by atoms with E-state index in [1.165, 1.54) is 0 Å². The van der Waals surface area contributed by atoms with Crippen molar-refractivity contribution in [3.8, 4) is 11.5 Å². The summed E-state index contributed by atoms with van der Waals surface area (Å²) in [6, 6.07) is 5.40. The average molecular weight is 330 g/mol. The quantitative estimate of drug-likeness (QED) is 0.838. The van der Waals surface area contributed by atoms with Gasteiger partial charge in [-0.2, -0.15) is 0 Å². The molecule has 7 heteroatoms. The number of benzene rings is 1. The summed E-state index contributed by atoms with van der Waals surface area (Å²) in [5, 5.41) is 7.86. The third-order valence-electron chi connectivity index (χ3n) is 4.40. The number of aromatic nitrogens is 3. The van der Waals surface area contributed by atoms with Crippen molar-refractivity contribution in [2.24, 2.45) is 0 Å². The van der Waals surface area contributed by atoms with Crippen LogP contribution in [0.2, 0.25) is 0 Å². The largest absolute Gasteiger partial charge is 0.497 e. The summed E-state index contributed by atoms with van der Waals surface area (Å²) >= 11 is 0. The van der Waals surface area contributed by atoms with Gasteiger partial charge in [-0.1, -0.05) is 5.21 Å². The number of piperidine rings is 1. The maximum absolute atomic E-state index is 13.1. The first-order valence-corrected chi connectivity index (χ1v) is 8.10. The molecular formula is C17H22N4O3. The number of carbonyl (C=O) groups is 1. The Balaban J connectivity index is 1.83. The Bertz CT molecular complexity index is 687. The van der Waals surface area contributed by atoms with E-state index in [1.807, 2.05) is 11.1 Å². The van der Waals surface area contributed by atoms with Gasteiger partial charge in [0.2, 0.25) is 0 Å². The molecule has 3 rings (SSSR count). The first-order chi connectivity index (χ1) is 11.7. The van der Waals surface area contributed by atoms with Gasteiger partial charge in [-0.05, 0) is 31.4 Å². The normalized spacial score (nSPS) is 17.6. The van der Waals surface area contributed by atoms with Gasteiger partial charge in [-0.3, -0.25) is 9.48 Å². The van der Waals surface area contributed by atoms with Crippen LogP contribution in [0.25, 0.3) is 0 Å². The zero-order valence-electron chi connectivity index (χ0n) is 14.0. The van der Waals surface area contributed by atoms with Crippen LogP contribution in [0.5, 0.6) is 11.5 Å². The number of hydrogen-bond acceptors (Lipinski definition) is 5. The highest BCUT2D eigenvalue weighted by Gasteiger charge is 2.29. The van der Waals surface area contributed by atoms with E-state index in [0.29, 0.717) is 23.6 Å². The Morgan fingerprint density at radius 2 is 2.17 bits per heavy atom. The van der Waals surface area contributed by atoms with Crippen molar-refractivity contribution < 1.29 is 14.3 Å². The van der Waals surface area contributed by atoms with Gasteiger partial charge in [0.1, 0.15) is 11.5 Å². The molecule has 1 aliphatic heterocycles. The summed E-state index contributed by atoms with van der Waals surface area (Å²) in [6.07, 6.45) is 6.57. The highest BCUT2D eigenvalue weighted by molar-refractivity contribution is 5.97. The molecule has 1 saturated heterocycles. The van der Waals surface area contributed by atoms with Gasteiger partial charge in [-0.25, -0.2) is 0 Å². The van der Waals surface area contributed by atoms with Gasteiger partial charge >= 0.3 is 0 Å². The molecular weight excluding hydrogens is 308 g/mol. The molecule has 0 spiro atoms. The third kappa shape index (κ3) is 3.34. The average Bonchev–Trinajstić information content (AvgIpc) is 3.14. The molecule has 1 aliphatic rings. The predicted octanol–water partition coefficient (Wildman–Crippen LogP) is 1.99. The molecule has 0 bridgehead atoms. The molecule has 1 amide bonds. The molecule has 1 aromatic carbocycles. The Hall–Kier alpha value is -2.57. The van der Waals surface area contributed by atoms with Crippen LogP contribution in [0.1, 0.15) is 29.6 Å². The highest BCUT2D eigenvalue weighted by Crippen LogP contribution is 2.28. The molecule has 2 heterocycles. The summed E-state index contributed by atoms with van der Waals surface area (Å²) < 4.78 is 12.4. The van der Waals surface area contributed by atoms with Crippen LogP contribution >= 0.6 is 0 Å². The van der Waals surface area contributed by atoms with Crippen LogP contribution in [0.15, 0.2) is 30.6 Å². The van der Waals surface area contributed by atoms with Gasteiger partial charge in [0.05, 0.1) is 38.6 Å². The van der Waals surface area contributed by atoms with E-state index < -0.39 is 0 Å². The predicted molar refractivity (Wildman–Crippen MR) is 88.2 cm³/mol. The van der Waals surface area contributed by atoms with E-state index >= 15 is 0 Å². The molecule has 128 valence electrons. The summed E-state index contributed by atoms with van der Waals surface area (Å²) in [5.74, 6) is 1.19. The Labute approximate surface area is 141 Å². The standard InChI is InChI=1S/C17H22N4O3/c1-23-14-6-7-15(16(11-14)24-2)17(22)21-9-4-3-5-13(21)12-20-10-8-18-19-20/h6-8,10-11,13H,3-5,9,12H2,1-2H3. The molecule has 0 aliphatic carbocycles. The molecule has 0 saturated carbocycles. The molecule has 0 N–H and O–H groups in total. The van der Waals surface area contributed by atoms with E-state index in [2.05, 4.69) is 10.3 Å². The van der Waals surface area contributed by atoms with Gasteiger partial charge < -0.3 is 14.4 Å². The summed E-state index contributed by atoms with van der Waals surface area (Å²) in [5.41, 5.74) is 0.559. The number of methoxy groups -OCH3 is 2. The summed E-state index contributed by atoms with van der Waals surface area (Å²) in [6.45, 7) is 1.40. The van der Waals surface area contributed by atoms with E-state index in [4.69, 9.17) is 9.47 Å². The number of carbonyl (C=O) groups excluding carboxylic acids is 1. The molecule has 2 aromatic rings. The second-order valence-corrected chi connectivity index (χ2v) is 5.84. The van der Waals surface area contributed by atoms with Gasteiger partial charge in [-0.15, -0.1) is 5.10 Å². The fourth-order valence-corrected chi connectivity index (χ4v) is 3.13. The topological polar surface area (TPSA) is 69.5 Å². The zero-order chi connectivity index (χ0) is 16.9. The minimum atomic E-state index is -0.0145. The Kier molecular flexibility index (Phi) is 4.98. The van der Waals surface area contributed by atoms with Crippen LogP contribution in [0.4, 0.5) is 0 Å². The molecule has 0 radical (unpaired) electrons. The third-order valence-corrected chi connectivity index (χ3v) is 4.40. The minimum Gasteiger partial charge on any atom is -0.497 e. The van der Waals surface area contributed by atoms with E-state index in [0.717, 1.165) is 25.8 Å². The van der Waals surface area contributed by atoms with Gasteiger partial charge in [0.15, 0.2) is 0 Å². The van der Waals surface area contributed by atoms with E-state index in [-0.39, 0.29) is 11.9 Å². The van der Waals surface area contributed by atoms with Crippen molar-refractivity contribution in [1.29, 1.82) is 0 Å². The SMILES string of the molecule is COc1ccc(C(=O)N2CCCCC2Cn2ccnn2)c(OC)c1. The maximum Gasteiger partial charge on any atom is 0.257 e. The fraction of sp³-hybridized carbons (Fsp3) is 0.471. The number of hydrogen-bond donors (Lipinski definition) is 0. The Morgan fingerprint density at radius 1 is 1.29 bits per heavy atom. The van der Waals surface area contributed by atoms with Crippen LogP contribution < -0.4 is 9.47 Å². The van der Waals surface area contributed by atoms with Crippen molar-refractivity contribution in [3.63, 3.8) is 0 Å². The first-order valence-electron chi connectivity index (χ1n) is 8.10. The lowest BCUT2D eigenvalue weighted by molar-refractivity contribution is 0.0579. The van der Waals surface area contributed by atoms with Crippen LogP contribution in [-0.2, 0) is 6.54 Å². The summed E-state index contributed by atoms with van der Waals surface area (Å²) in [4.78, 5) is 15.0. The van der Waals surface area contributed by atoms with Crippen molar-refractivity contribution >= 4 is 5.91 Å². The number of amides is 1. The molecule has 1 aromatic heterocycles. The van der Waals surface area contributed by atoms with E-state index in [9.17, 15) is 4.79 Å². The minimum absolute atomic E-state index is 0.0145. The second kappa shape index (κ2) is 7.33. The van der Waals surface area contributed by atoms with E-state index in [1.54, 1.807) is 43.3 Å². The molecule has 1 atom stereocenters. The van der Waals surface area contributed by atoms with Crippen molar-refractivity contribution in [2.45, 2.75) is 31.8 Å². The number of ether oxygens (including phenoxy) is 2. The maximum atomic E-state index is 13.1. The lowest BCUT2D eigenvalue weighted by Crippen LogP contribution is -2.46. The fourth-order valence-electron chi connectivity index (χ4n) is 3.13. The first kappa shape index (κ1) is 16.3. The number of rotatable bonds is 5. The molecule has 7 nitrogen and oxygen atoms in total. The van der Waals surface area contributed by atoms with Crippen LogP contribution in [0.3, 0.4) is 0 Å². The van der Waals surface area contributed by atoms with Crippen molar-refractivity contribution in [3.05, 3.63) is 36.2 Å². The lowest BCUT2D eigenvalue weighted by atomic mass is 10.0. The lowest BCUT2D eigenvalue weighted by Gasteiger charge is -2.36. The van der Waals surface area contributed by atoms with Crippen molar-refractivity contribution in [2.75, 3.05) is 20.8 Å². The highest BCUT2D eigenvalue weighted by atomic mass is 16.5. The summed E-state index contributed by atoms with van der Waals surface area (Å²) in [7, 11) is 3.16. The Morgan fingerprint density at radius 3 is 2.88 bits per heavy atom. The van der Waals surface area contributed by atoms with Crippen molar-refractivity contribution in [1.82, 2.24) is 19.9 Å². The number of likely N-dealkylation sites (tertiary alicyclic amines) is 1.